The van der Waals surface area contributed by atoms with Crippen LogP contribution in [-0.2, 0) is 4.79 Å². The maximum atomic E-state index is 13.7. The lowest BCUT2D eigenvalue weighted by atomic mass is 10.0. The molecule has 0 aromatic heterocycles. The molecule has 1 atom stereocenters. The zero-order valence-electron chi connectivity index (χ0n) is 11.3. The average Bonchev–Trinajstić information content (AvgIpc) is 3.24. The summed E-state index contributed by atoms with van der Waals surface area (Å²) in [4.78, 5) is 12.4. The largest absolute Gasteiger partial charge is 0.353 e. The SMILES string of the molecule is O=C(CCNC1CCSc2c(F)cccc21)NC1CC1. The molecule has 0 bridgehead atoms. The Labute approximate surface area is 122 Å². The Hall–Kier alpha value is -1.07. The van der Waals surface area contributed by atoms with E-state index in [4.69, 9.17) is 0 Å². The first-order valence-corrected chi connectivity index (χ1v) is 8.16. The van der Waals surface area contributed by atoms with Gasteiger partial charge in [-0.05, 0) is 36.6 Å². The summed E-state index contributed by atoms with van der Waals surface area (Å²) < 4.78 is 13.7. The Kier molecular flexibility index (Phi) is 4.27. The van der Waals surface area contributed by atoms with Crippen molar-refractivity contribution in [2.75, 3.05) is 12.3 Å². The fourth-order valence-electron chi connectivity index (χ4n) is 2.49. The number of carbonyl (C=O) groups excluding carboxylic acids is 1. The molecule has 0 radical (unpaired) electrons. The third-order valence-electron chi connectivity index (χ3n) is 3.71. The topological polar surface area (TPSA) is 41.1 Å². The lowest BCUT2D eigenvalue weighted by Gasteiger charge is -2.26. The second-order valence-corrected chi connectivity index (χ2v) is 6.50. The van der Waals surface area contributed by atoms with E-state index in [-0.39, 0.29) is 17.8 Å². The van der Waals surface area contributed by atoms with Crippen molar-refractivity contribution in [3.63, 3.8) is 0 Å². The smallest absolute Gasteiger partial charge is 0.221 e. The summed E-state index contributed by atoms with van der Waals surface area (Å²) in [7, 11) is 0. The Bertz CT molecular complexity index is 505. The van der Waals surface area contributed by atoms with Crippen molar-refractivity contribution < 1.29 is 9.18 Å². The molecule has 108 valence electrons. The van der Waals surface area contributed by atoms with Gasteiger partial charge in [0.2, 0.25) is 5.91 Å². The van der Waals surface area contributed by atoms with Gasteiger partial charge in [-0.2, -0.15) is 0 Å². The van der Waals surface area contributed by atoms with Crippen LogP contribution in [-0.4, -0.2) is 24.2 Å². The molecule has 2 aliphatic rings. The molecule has 0 saturated heterocycles. The molecule has 1 aliphatic heterocycles. The summed E-state index contributed by atoms with van der Waals surface area (Å²) in [5.74, 6) is 0.898. The van der Waals surface area contributed by atoms with Crippen LogP contribution in [0.3, 0.4) is 0 Å². The molecule has 3 rings (SSSR count). The van der Waals surface area contributed by atoms with E-state index in [1.54, 1.807) is 17.8 Å². The summed E-state index contributed by atoms with van der Waals surface area (Å²) in [5, 5.41) is 6.37. The quantitative estimate of drug-likeness (QED) is 0.877. The lowest BCUT2D eigenvalue weighted by molar-refractivity contribution is -0.121. The van der Waals surface area contributed by atoms with Crippen LogP contribution < -0.4 is 10.6 Å². The monoisotopic (exact) mass is 294 g/mol. The minimum Gasteiger partial charge on any atom is -0.353 e. The number of carbonyl (C=O) groups is 1. The maximum Gasteiger partial charge on any atom is 0.221 e. The minimum atomic E-state index is -0.134. The Morgan fingerprint density at radius 2 is 2.20 bits per heavy atom. The third-order valence-corrected chi connectivity index (χ3v) is 4.87. The van der Waals surface area contributed by atoms with Crippen molar-refractivity contribution >= 4 is 17.7 Å². The zero-order valence-corrected chi connectivity index (χ0v) is 12.1. The molecule has 0 spiro atoms. The standard InChI is InChI=1S/C15H19FN2OS/c16-12-3-1-2-11-13(7-9-20-15(11)12)17-8-6-14(19)18-10-4-5-10/h1-3,10,13,17H,4-9H2,(H,18,19). The third kappa shape index (κ3) is 3.33. The van der Waals surface area contributed by atoms with Gasteiger partial charge in [-0.25, -0.2) is 4.39 Å². The van der Waals surface area contributed by atoms with Crippen molar-refractivity contribution in [3.8, 4) is 0 Å². The van der Waals surface area contributed by atoms with Crippen molar-refractivity contribution in [3.05, 3.63) is 29.6 Å². The van der Waals surface area contributed by atoms with E-state index in [2.05, 4.69) is 10.6 Å². The number of fused-ring (bicyclic) bond motifs is 1. The molecule has 1 aromatic rings. The average molecular weight is 294 g/mol. The fourth-order valence-corrected chi connectivity index (χ4v) is 3.63. The number of benzene rings is 1. The molecular weight excluding hydrogens is 275 g/mol. The fraction of sp³-hybridized carbons (Fsp3) is 0.533. The number of hydrogen-bond donors (Lipinski definition) is 2. The number of nitrogens with one attached hydrogen (secondary N) is 2. The van der Waals surface area contributed by atoms with E-state index in [0.29, 0.717) is 19.0 Å². The Morgan fingerprint density at radius 1 is 1.35 bits per heavy atom. The lowest BCUT2D eigenvalue weighted by Crippen LogP contribution is -2.31. The Balaban J connectivity index is 1.53. The maximum absolute atomic E-state index is 13.7. The van der Waals surface area contributed by atoms with Crippen LogP contribution in [0.5, 0.6) is 0 Å². The summed E-state index contributed by atoms with van der Waals surface area (Å²) in [5.41, 5.74) is 1.03. The van der Waals surface area contributed by atoms with Crippen molar-refractivity contribution in [2.24, 2.45) is 0 Å². The van der Waals surface area contributed by atoms with Crippen LogP contribution >= 0.6 is 11.8 Å². The highest BCUT2D eigenvalue weighted by atomic mass is 32.2. The van der Waals surface area contributed by atoms with Gasteiger partial charge in [-0.1, -0.05) is 12.1 Å². The number of hydrogen-bond acceptors (Lipinski definition) is 3. The first kappa shape index (κ1) is 13.9. The molecule has 1 fully saturated rings. The molecule has 2 N–H and O–H groups in total. The van der Waals surface area contributed by atoms with Gasteiger partial charge in [0.25, 0.3) is 0 Å². The summed E-state index contributed by atoms with van der Waals surface area (Å²) >= 11 is 1.58. The molecule has 3 nitrogen and oxygen atoms in total. The van der Waals surface area contributed by atoms with Crippen LogP contribution in [0.4, 0.5) is 4.39 Å². The van der Waals surface area contributed by atoms with Crippen LogP contribution in [0.1, 0.15) is 37.3 Å². The number of amides is 1. The molecule has 1 unspecified atom stereocenters. The van der Waals surface area contributed by atoms with Gasteiger partial charge < -0.3 is 10.6 Å². The molecule has 20 heavy (non-hydrogen) atoms. The summed E-state index contributed by atoms with van der Waals surface area (Å²) in [6, 6.07) is 5.83. The second-order valence-electron chi connectivity index (χ2n) is 5.39. The van der Waals surface area contributed by atoms with Crippen molar-refractivity contribution in [1.29, 1.82) is 0 Å². The molecular formula is C15H19FN2OS. The van der Waals surface area contributed by atoms with Gasteiger partial charge in [0.05, 0.1) is 0 Å². The van der Waals surface area contributed by atoms with E-state index >= 15 is 0 Å². The van der Waals surface area contributed by atoms with Gasteiger partial charge in [-0.15, -0.1) is 11.8 Å². The van der Waals surface area contributed by atoms with Gasteiger partial charge in [0.15, 0.2) is 0 Å². The van der Waals surface area contributed by atoms with Crippen molar-refractivity contribution in [2.45, 2.75) is 42.7 Å². The summed E-state index contributed by atoms with van der Waals surface area (Å²) in [6.45, 7) is 0.643. The van der Waals surface area contributed by atoms with Gasteiger partial charge in [0, 0.05) is 29.9 Å². The van der Waals surface area contributed by atoms with E-state index in [0.717, 1.165) is 35.5 Å². The molecule has 1 amide bonds. The number of thioether (sulfide) groups is 1. The van der Waals surface area contributed by atoms with Gasteiger partial charge in [0.1, 0.15) is 5.82 Å². The molecule has 1 saturated carbocycles. The van der Waals surface area contributed by atoms with Crippen LogP contribution in [0.25, 0.3) is 0 Å². The number of halogens is 1. The molecule has 5 heteroatoms. The normalized spacial score (nSPS) is 21.4. The van der Waals surface area contributed by atoms with E-state index in [1.807, 2.05) is 6.07 Å². The van der Waals surface area contributed by atoms with E-state index in [9.17, 15) is 9.18 Å². The molecule has 1 heterocycles. The predicted molar refractivity (Wildman–Crippen MR) is 78.3 cm³/mol. The van der Waals surface area contributed by atoms with Crippen molar-refractivity contribution in [1.82, 2.24) is 10.6 Å². The van der Waals surface area contributed by atoms with E-state index in [1.165, 1.54) is 6.07 Å². The van der Waals surface area contributed by atoms with Crippen LogP contribution in [0.2, 0.25) is 0 Å². The van der Waals surface area contributed by atoms with E-state index < -0.39 is 0 Å². The highest BCUT2D eigenvalue weighted by Gasteiger charge is 2.24. The number of rotatable bonds is 5. The summed E-state index contributed by atoms with van der Waals surface area (Å²) in [6.07, 6.45) is 3.70. The highest BCUT2D eigenvalue weighted by Crippen LogP contribution is 2.37. The Morgan fingerprint density at radius 3 is 3.00 bits per heavy atom. The second kappa shape index (κ2) is 6.14. The zero-order chi connectivity index (χ0) is 13.9. The van der Waals surface area contributed by atoms with Crippen LogP contribution in [0.15, 0.2) is 23.1 Å². The first-order valence-electron chi connectivity index (χ1n) is 7.18. The molecule has 1 aromatic carbocycles. The minimum absolute atomic E-state index is 0.115. The van der Waals surface area contributed by atoms with Gasteiger partial charge in [-0.3, -0.25) is 4.79 Å². The molecule has 1 aliphatic carbocycles. The predicted octanol–water partition coefficient (Wildman–Crippen LogP) is 2.62. The van der Waals surface area contributed by atoms with Gasteiger partial charge >= 0.3 is 0 Å². The highest BCUT2D eigenvalue weighted by molar-refractivity contribution is 7.99. The van der Waals surface area contributed by atoms with Crippen LogP contribution in [0, 0.1) is 5.82 Å². The first-order chi connectivity index (χ1) is 9.74.